The van der Waals surface area contributed by atoms with Crippen molar-refractivity contribution in [1.82, 2.24) is 10.2 Å². The van der Waals surface area contributed by atoms with Crippen LogP contribution in [0.2, 0.25) is 0 Å². The highest BCUT2D eigenvalue weighted by molar-refractivity contribution is 9.10. The van der Waals surface area contributed by atoms with Gasteiger partial charge in [-0.2, -0.15) is 0 Å². The normalized spacial score (nSPS) is 20.0. The molecule has 132 valence electrons. The number of halogens is 1. The van der Waals surface area contributed by atoms with Crippen molar-refractivity contribution in [2.24, 2.45) is 0 Å². The van der Waals surface area contributed by atoms with E-state index in [0.717, 1.165) is 34.5 Å². The minimum atomic E-state index is -0.432. The Balaban J connectivity index is 1.68. The van der Waals surface area contributed by atoms with Crippen LogP contribution in [-0.4, -0.2) is 28.5 Å². The third-order valence-electron chi connectivity index (χ3n) is 4.90. The average molecular weight is 422 g/mol. The zero-order chi connectivity index (χ0) is 17.7. The van der Waals surface area contributed by atoms with Crippen LogP contribution in [-0.2, 0) is 13.0 Å². The highest BCUT2D eigenvalue weighted by atomic mass is 79.9. The Kier molecular flexibility index (Phi) is 4.25. The van der Waals surface area contributed by atoms with E-state index >= 15 is 0 Å². The van der Waals surface area contributed by atoms with Crippen molar-refractivity contribution in [2.45, 2.75) is 39.0 Å². The minimum absolute atomic E-state index is 0.0615. The first-order valence-corrected chi connectivity index (χ1v) is 9.99. The quantitative estimate of drug-likeness (QED) is 0.688. The number of hydrogen-bond donors (Lipinski definition) is 3. The fourth-order valence-corrected chi connectivity index (χ4v) is 5.17. The molecule has 3 N–H and O–H groups in total. The smallest absolute Gasteiger partial charge is 0.256 e. The van der Waals surface area contributed by atoms with E-state index in [1.807, 2.05) is 6.07 Å². The van der Waals surface area contributed by atoms with E-state index < -0.39 is 6.17 Å². The molecule has 1 amide bonds. The zero-order valence-electron chi connectivity index (χ0n) is 14.1. The Morgan fingerprint density at radius 3 is 2.92 bits per heavy atom. The van der Waals surface area contributed by atoms with Gasteiger partial charge in [-0.3, -0.25) is 9.69 Å². The van der Waals surface area contributed by atoms with Crippen LogP contribution in [0, 0.1) is 0 Å². The molecule has 0 radical (unpaired) electrons. The van der Waals surface area contributed by atoms with Crippen molar-refractivity contribution in [3.05, 3.63) is 44.2 Å². The number of fused-ring (bicyclic) bond motifs is 3. The summed E-state index contributed by atoms with van der Waals surface area (Å²) in [4.78, 5) is 16.5. The van der Waals surface area contributed by atoms with E-state index in [2.05, 4.69) is 45.3 Å². The molecular formula is C18H20BrN3O2S. The maximum Gasteiger partial charge on any atom is 0.256 e. The summed E-state index contributed by atoms with van der Waals surface area (Å²) in [5.74, 6) is 0.102. The molecule has 4 rings (SSSR count). The molecule has 0 unspecified atom stereocenters. The number of nitrogens with one attached hydrogen (secondary N) is 2. The topological polar surface area (TPSA) is 64.6 Å². The van der Waals surface area contributed by atoms with Gasteiger partial charge in [0.2, 0.25) is 0 Å². The predicted octanol–water partition coefficient (Wildman–Crippen LogP) is 3.84. The van der Waals surface area contributed by atoms with Crippen LogP contribution in [0.15, 0.2) is 22.7 Å². The fourth-order valence-electron chi connectivity index (χ4n) is 3.49. The maximum atomic E-state index is 12.8. The van der Waals surface area contributed by atoms with Gasteiger partial charge in [-0.05, 0) is 44.0 Å². The number of carbonyl (C=O) groups excluding carboxylic acids is 1. The van der Waals surface area contributed by atoms with Gasteiger partial charge in [0, 0.05) is 34.0 Å². The number of phenols is 1. The molecule has 0 fully saturated rings. The van der Waals surface area contributed by atoms with Gasteiger partial charge in [-0.25, -0.2) is 0 Å². The van der Waals surface area contributed by atoms with E-state index in [0.29, 0.717) is 11.6 Å². The zero-order valence-corrected chi connectivity index (χ0v) is 16.5. The van der Waals surface area contributed by atoms with Crippen LogP contribution in [0.4, 0.5) is 5.00 Å². The van der Waals surface area contributed by atoms with Crippen molar-refractivity contribution in [3.63, 3.8) is 0 Å². The van der Waals surface area contributed by atoms with Crippen molar-refractivity contribution < 1.29 is 9.90 Å². The van der Waals surface area contributed by atoms with Gasteiger partial charge in [0.25, 0.3) is 5.91 Å². The first kappa shape index (κ1) is 16.9. The summed E-state index contributed by atoms with van der Waals surface area (Å²) in [5, 5.41) is 17.5. The maximum absolute atomic E-state index is 12.8. The van der Waals surface area contributed by atoms with E-state index in [1.165, 1.54) is 10.4 Å². The van der Waals surface area contributed by atoms with Gasteiger partial charge in [-0.1, -0.05) is 15.9 Å². The lowest BCUT2D eigenvalue weighted by molar-refractivity contribution is 0.0934. The van der Waals surface area contributed by atoms with Gasteiger partial charge in [0.05, 0.1) is 5.56 Å². The molecule has 25 heavy (non-hydrogen) atoms. The van der Waals surface area contributed by atoms with Gasteiger partial charge in [-0.15, -0.1) is 11.3 Å². The number of aromatic hydroxyl groups is 1. The van der Waals surface area contributed by atoms with Crippen LogP contribution in [0.3, 0.4) is 0 Å². The number of benzene rings is 1. The molecule has 5 nitrogen and oxygen atoms in total. The average Bonchev–Trinajstić information content (AvgIpc) is 2.94. The second-order valence-corrected chi connectivity index (χ2v) is 8.80. The first-order chi connectivity index (χ1) is 11.9. The number of hydrogen-bond acceptors (Lipinski definition) is 5. The van der Waals surface area contributed by atoms with E-state index in [4.69, 9.17) is 0 Å². The molecule has 0 aliphatic carbocycles. The Labute approximate surface area is 159 Å². The molecule has 2 aliphatic heterocycles. The second kappa shape index (κ2) is 6.30. The van der Waals surface area contributed by atoms with Gasteiger partial charge in [0.1, 0.15) is 16.9 Å². The standard InChI is InChI=1S/C18H20BrN3O2S/c1-9(2)22-6-5-11-14(8-22)25-18-15(11)17(24)20-16(21-18)12-7-10(19)3-4-13(12)23/h3-4,7,9,16,21,23H,5-6,8H2,1-2H3,(H,20,24)/t16-/m0/s1. The molecule has 1 aromatic carbocycles. The predicted molar refractivity (Wildman–Crippen MR) is 103 cm³/mol. The summed E-state index contributed by atoms with van der Waals surface area (Å²) in [7, 11) is 0. The summed E-state index contributed by atoms with van der Waals surface area (Å²) in [6, 6.07) is 5.73. The van der Waals surface area contributed by atoms with E-state index in [1.54, 1.807) is 23.5 Å². The Hall–Kier alpha value is -1.57. The number of carbonyl (C=O) groups is 1. The molecule has 7 heteroatoms. The minimum Gasteiger partial charge on any atom is -0.508 e. The Bertz CT molecular complexity index is 849. The van der Waals surface area contributed by atoms with Crippen molar-refractivity contribution >= 4 is 38.2 Å². The van der Waals surface area contributed by atoms with Crippen LogP contribution in [0.25, 0.3) is 0 Å². The lowest BCUT2D eigenvalue weighted by Gasteiger charge is -2.31. The summed E-state index contributed by atoms with van der Waals surface area (Å²) in [6.07, 6.45) is 0.472. The van der Waals surface area contributed by atoms with Crippen LogP contribution < -0.4 is 10.6 Å². The summed E-state index contributed by atoms with van der Waals surface area (Å²) in [6.45, 7) is 6.29. The van der Waals surface area contributed by atoms with Crippen LogP contribution in [0.5, 0.6) is 5.75 Å². The fraction of sp³-hybridized carbons (Fsp3) is 0.389. The highest BCUT2D eigenvalue weighted by Crippen LogP contribution is 2.42. The van der Waals surface area contributed by atoms with E-state index in [-0.39, 0.29) is 11.7 Å². The lowest BCUT2D eigenvalue weighted by atomic mass is 9.99. The second-order valence-electron chi connectivity index (χ2n) is 6.78. The molecule has 0 spiro atoms. The van der Waals surface area contributed by atoms with Crippen molar-refractivity contribution in [1.29, 1.82) is 0 Å². The lowest BCUT2D eigenvalue weighted by Crippen LogP contribution is -2.39. The number of anilines is 1. The molecule has 0 saturated heterocycles. The summed E-state index contributed by atoms with van der Waals surface area (Å²) >= 11 is 5.09. The monoisotopic (exact) mass is 421 g/mol. The third kappa shape index (κ3) is 2.94. The first-order valence-electron chi connectivity index (χ1n) is 8.38. The largest absolute Gasteiger partial charge is 0.508 e. The molecule has 0 bridgehead atoms. The molecule has 0 saturated carbocycles. The molecule has 1 atom stereocenters. The molecule has 2 aliphatic rings. The number of thiophene rings is 1. The van der Waals surface area contributed by atoms with E-state index in [9.17, 15) is 9.90 Å². The van der Waals surface area contributed by atoms with Crippen molar-refractivity contribution in [3.8, 4) is 5.75 Å². The molecule has 3 heterocycles. The van der Waals surface area contributed by atoms with Crippen LogP contribution in [0.1, 0.15) is 46.4 Å². The van der Waals surface area contributed by atoms with Gasteiger partial charge < -0.3 is 15.7 Å². The highest BCUT2D eigenvalue weighted by Gasteiger charge is 2.34. The van der Waals surface area contributed by atoms with Gasteiger partial charge >= 0.3 is 0 Å². The number of nitrogens with zero attached hydrogens (tertiary/aromatic N) is 1. The van der Waals surface area contributed by atoms with Crippen LogP contribution >= 0.6 is 27.3 Å². The third-order valence-corrected chi connectivity index (χ3v) is 6.54. The molecule has 2 aromatic rings. The summed E-state index contributed by atoms with van der Waals surface area (Å²) in [5.41, 5.74) is 2.62. The Morgan fingerprint density at radius 2 is 2.16 bits per heavy atom. The van der Waals surface area contributed by atoms with Gasteiger partial charge in [0.15, 0.2) is 0 Å². The van der Waals surface area contributed by atoms with Crippen molar-refractivity contribution in [2.75, 3.05) is 11.9 Å². The number of phenolic OH excluding ortho intramolecular Hbond substituents is 1. The molecule has 1 aromatic heterocycles. The SMILES string of the molecule is CC(C)N1CCc2c(sc3c2C(=O)N[C@H](c2cc(Br)ccc2O)N3)C1. The summed E-state index contributed by atoms with van der Waals surface area (Å²) < 4.78 is 0.861. The Morgan fingerprint density at radius 1 is 1.36 bits per heavy atom. The number of rotatable bonds is 2. The number of amides is 1. The molecular weight excluding hydrogens is 402 g/mol.